The number of nitrogens with zero attached hydrogens (tertiary/aromatic N) is 2. The van der Waals surface area contributed by atoms with E-state index in [9.17, 15) is 4.79 Å². The van der Waals surface area contributed by atoms with Crippen LogP contribution in [-0.2, 0) is 13.5 Å². The number of carbonyl (C=O) groups is 1. The molecule has 18 heavy (non-hydrogen) atoms. The van der Waals surface area contributed by atoms with Crippen LogP contribution in [0, 0.1) is 0 Å². The highest BCUT2D eigenvalue weighted by Gasteiger charge is 2.09. The molecule has 1 aromatic carbocycles. The molecule has 0 amide bonds. The molecule has 0 bridgehead atoms. The summed E-state index contributed by atoms with van der Waals surface area (Å²) in [6.07, 6.45) is 3.93. The van der Waals surface area contributed by atoms with Crippen molar-refractivity contribution in [1.29, 1.82) is 0 Å². The molecule has 0 aliphatic heterocycles. The van der Waals surface area contributed by atoms with Crippen molar-refractivity contribution < 1.29 is 9.53 Å². The lowest BCUT2D eigenvalue weighted by molar-refractivity contribution is 0.0992. The Morgan fingerprint density at radius 1 is 1.44 bits per heavy atom. The van der Waals surface area contributed by atoms with Crippen LogP contribution in [0.2, 0.25) is 0 Å². The van der Waals surface area contributed by atoms with Crippen molar-refractivity contribution in [3.05, 3.63) is 47.8 Å². The fourth-order valence-corrected chi connectivity index (χ4v) is 1.78. The van der Waals surface area contributed by atoms with E-state index in [1.54, 1.807) is 23.0 Å². The number of carbonyl (C=O) groups excluding carboxylic acids is 1. The van der Waals surface area contributed by atoms with Crippen LogP contribution < -0.4 is 4.74 Å². The lowest BCUT2D eigenvalue weighted by atomic mass is 10.1. The van der Waals surface area contributed by atoms with E-state index in [1.165, 1.54) is 0 Å². The van der Waals surface area contributed by atoms with Crippen LogP contribution in [0.5, 0.6) is 5.75 Å². The second-order valence-electron chi connectivity index (χ2n) is 4.08. The Hall–Kier alpha value is -2.10. The molecule has 0 radical (unpaired) electrons. The topological polar surface area (TPSA) is 44.1 Å². The summed E-state index contributed by atoms with van der Waals surface area (Å²) in [5.74, 6) is 0.805. The third-order valence-electron chi connectivity index (χ3n) is 2.59. The minimum absolute atomic E-state index is 0.0737. The molecule has 0 unspecified atom stereocenters. The fourth-order valence-electron chi connectivity index (χ4n) is 1.78. The second kappa shape index (κ2) is 5.49. The average Bonchev–Trinajstić information content (AvgIpc) is 2.75. The number of ether oxygens (including phenoxy) is 1. The molecule has 0 spiro atoms. The number of rotatable bonds is 5. The zero-order valence-corrected chi connectivity index (χ0v) is 10.6. The highest BCUT2D eigenvalue weighted by atomic mass is 16.5. The Morgan fingerprint density at radius 3 is 2.94 bits per heavy atom. The first-order chi connectivity index (χ1) is 8.69. The molecule has 4 nitrogen and oxygen atoms in total. The van der Waals surface area contributed by atoms with Gasteiger partial charge in [0.2, 0.25) is 0 Å². The van der Waals surface area contributed by atoms with Gasteiger partial charge in [0.25, 0.3) is 0 Å². The summed E-state index contributed by atoms with van der Waals surface area (Å²) in [5, 5.41) is 4.05. The first kappa shape index (κ1) is 12.4. The van der Waals surface area contributed by atoms with Crippen molar-refractivity contribution in [2.75, 3.05) is 6.61 Å². The SMILES string of the molecule is CCOc1cccc(C(=O)Cc2cnn(C)c2)c1. The van der Waals surface area contributed by atoms with Crippen molar-refractivity contribution in [2.24, 2.45) is 7.05 Å². The van der Waals surface area contributed by atoms with E-state index >= 15 is 0 Å². The molecule has 0 saturated heterocycles. The summed E-state index contributed by atoms with van der Waals surface area (Å²) in [5.41, 5.74) is 1.59. The van der Waals surface area contributed by atoms with Crippen LogP contribution in [0.1, 0.15) is 22.8 Å². The zero-order chi connectivity index (χ0) is 13.0. The van der Waals surface area contributed by atoms with E-state index in [0.717, 1.165) is 11.3 Å². The first-order valence-electron chi connectivity index (χ1n) is 5.92. The van der Waals surface area contributed by atoms with E-state index in [-0.39, 0.29) is 5.78 Å². The van der Waals surface area contributed by atoms with E-state index in [4.69, 9.17) is 4.74 Å². The lowest BCUT2D eigenvalue weighted by Crippen LogP contribution is -2.03. The normalized spacial score (nSPS) is 10.3. The number of aromatic nitrogens is 2. The predicted octanol–water partition coefficient (Wildman–Crippen LogP) is 2.24. The van der Waals surface area contributed by atoms with Gasteiger partial charge in [-0.1, -0.05) is 12.1 Å². The van der Waals surface area contributed by atoms with Crippen LogP contribution >= 0.6 is 0 Å². The maximum atomic E-state index is 12.1. The van der Waals surface area contributed by atoms with Crippen molar-refractivity contribution >= 4 is 5.78 Å². The van der Waals surface area contributed by atoms with E-state index in [0.29, 0.717) is 18.6 Å². The number of hydrogen-bond donors (Lipinski definition) is 0. The zero-order valence-electron chi connectivity index (χ0n) is 10.6. The van der Waals surface area contributed by atoms with Crippen molar-refractivity contribution in [2.45, 2.75) is 13.3 Å². The van der Waals surface area contributed by atoms with Gasteiger partial charge in [0.15, 0.2) is 5.78 Å². The van der Waals surface area contributed by atoms with Crippen molar-refractivity contribution in [3.8, 4) is 5.75 Å². The summed E-state index contributed by atoms with van der Waals surface area (Å²) >= 11 is 0. The molecule has 1 heterocycles. The molecule has 2 aromatic rings. The number of ketones is 1. The van der Waals surface area contributed by atoms with Gasteiger partial charge in [0, 0.05) is 25.2 Å². The minimum Gasteiger partial charge on any atom is -0.494 e. The average molecular weight is 244 g/mol. The summed E-state index contributed by atoms with van der Waals surface area (Å²) < 4.78 is 7.08. The highest BCUT2D eigenvalue weighted by molar-refractivity contribution is 5.97. The van der Waals surface area contributed by atoms with Crippen LogP contribution in [0.3, 0.4) is 0 Å². The summed E-state index contributed by atoms with van der Waals surface area (Å²) in [6.45, 7) is 2.52. The minimum atomic E-state index is 0.0737. The molecular weight excluding hydrogens is 228 g/mol. The van der Waals surface area contributed by atoms with Gasteiger partial charge in [-0.05, 0) is 24.6 Å². The second-order valence-corrected chi connectivity index (χ2v) is 4.08. The van der Waals surface area contributed by atoms with Crippen molar-refractivity contribution in [3.63, 3.8) is 0 Å². The summed E-state index contributed by atoms with van der Waals surface area (Å²) in [7, 11) is 1.84. The Kier molecular flexibility index (Phi) is 3.77. The maximum Gasteiger partial charge on any atom is 0.167 e. The Labute approximate surface area is 106 Å². The van der Waals surface area contributed by atoms with Crippen molar-refractivity contribution in [1.82, 2.24) is 9.78 Å². The maximum absolute atomic E-state index is 12.1. The van der Waals surface area contributed by atoms with Gasteiger partial charge in [0.1, 0.15) is 5.75 Å². The third-order valence-corrected chi connectivity index (χ3v) is 2.59. The number of hydrogen-bond acceptors (Lipinski definition) is 3. The number of Topliss-reactive ketones (excluding diaryl/α,β-unsaturated/α-hetero) is 1. The summed E-state index contributed by atoms with van der Waals surface area (Å²) in [6, 6.07) is 7.27. The van der Waals surface area contributed by atoms with Gasteiger partial charge in [-0.2, -0.15) is 5.10 Å². The smallest absolute Gasteiger partial charge is 0.167 e. The lowest BCUT2D eigenvalue weighted by Gasteiger charge is -2.04. The van der Waals surface area contributed by atoms with E-state index < -0.39 is 0 Å². The molecule has 0 aliphatic rings. The Balaban J connectivity index is 2.11. The number of benzene rings is 1. The quantitative estimate of drug-likeness (QED) is 0.758. The number of aryl methyl sites for hydroxylation is 1. The first-order valence-corrected chi connectivity index (χ1v) is 5.92. The standard InChI is InChI=1S/C14H16N2O2/c1-3-18-13-6-4-5-12(8-13)14(17)7-11-9-15-16(2)10-11/h4-6,8-10H,3,7H2,1-2H3. The van der Waals surface area contributed by atoms with Crippen LogP contribution in [0.4, 0.5) is 0 Å². The Morgan fingerprint density at radius 2 is 2.28 bits per heavy atom. The van der Waals surface area contributed by atoms with Gasteiger partial charge >= 0.3 is 0 Å². The third kappa shape index (κ3) is 2.97. The molecule has 0 N–H and O–H groups in total. The van der Waals surface area contributed by atoms with Crippen LogP contribution in [0.25, 0.3) is 0 Å². The molecule has 0 saturated carbocycles. The Bertz CT molecular complexity index is 546. The molecule has 94 valence electrons. The molecule has 1 aromatic heterocycles. The van der Waals surface area contributed by atoms with E-state index in [1.807, 2.05) is 32.3 Å². The van der Waals surface area contributed by atoms with Crippen LogP contribution in [0.15, 0.2) is 36.7 Å². The molecule has 0 atom stereocenters. The van der Waals surface area contributed by atoms with Gasteiger partial charge in [-0.25, -0.2) is 0 Å². The molecule has 0 aliphatic carbocycles. The molecule has 2 rings (SSSR count). The molecule has 0 fully saturated rings. The van der Waals surface area contributed by atoms with Gasteiger partial charge in [-0.15, -0.1) is 0 Å². The summed E-state index contributed by atoms with van der Waals surface area (Å²) in [4.78, 5) is 12.1. The van der Waals surface area contributed by atoms with E-state index in [2.05, 4.69) is 5.10 Å². The largest absolute Gasteiger partial charge is 0.494 e. The fraction of sp³-hybridized carbons (Fsp3) is 0.286. The van der Waals surface area contributed by atoms with Gasteiger partial charge in [-0.3, -0.25) is 9.48 Å². The highest BCUT2D eigenvalue weighted by Crippen LogP contribution is 2.15. The van der Waals surface area contributed by atoms with Gasteiger partial charge < -0.3 is 4.74 Å². The monoisotopic (exact) mass is 244 g/mol. The molecule has 4 heteroatoms. The predicted molar refractivity (Wildman–Crippen MR) is 68.9 cm³/mol. The van der Waals surface area contributed by atoms with Gasteiger partial charge in [0.05, 0.1) is 12.8 Å². The molecular formula is C14H16N2O2. The van der Waals surface area contributed by atoms with Crippen LogP contribution in [-0.4, -0.2) is 22.2 Å².